The van der Waals surface area contributed by atoms with Crippen molar-refractivity contribution in [2.45, 2.75) is 31.7 Å². The van der Waals surface area contributed by atoms with E-state index in [4.69, 9.17) is 11.5 Å². The lowest BCUT2D eigenvalue weighted by atomic mass is 10.1. The zero-order chi connectivity index (χ0) is 12.8. The zero-order valence-corrected chi connectivity index (χ0v) is 10.7. The van der Waals surface area contributed by atoms with Crippen LogP contribution in [-0.4, -0.2) is 19.0 Å². The SMILES string of the molecule is NC(N)=NCCCCNC1CCc2ccccc21. The summed E-state index contributed by atoms with van der Waals surface area (Å²) >= 11 is 0. The first-order chi connectivity index (χ1) is 8.77. The van der Waals surface area contributed by atoms with Crippen LogP contribution in [0.5, 0.6) is 0 Å². The quantitative estimate of drug-likeness (QED) is 0.402. The van der Waals surface area contributed by atoms with E-state index < -0.39 is 0 Å². The van der Waals surface area contributed by atoms with Gasteiger partial charge in [0.25, 0.3) is 0 Å². The maximum atomic E-state index is 5.27. The van der Waals surface area contributed by atoms with Gasteiger partial charge in [-0.3, -0.25) is 4.99 Å². The molecule has 4 nitrogen and oxygen atoms in total. The predicted molar refractivity (Wildman–Crippen MR) is 75.4 cm³/mol. The highest BCUT2D eigenvalue weighted by atomic mass is 15.0. The number of nitrogens with two attached hydrogens (primary N) is 2. The van der Waals surface area contributed by atoms with Crippen molar-refractivity contribution in [1.29, 1.82) is 0 Å². The summed E-state index contributed by atoms with van der Waals surface area (Å²) in [5, 5.41) is 3.61. The number of aliphatic imine (C=N–C) groups is 1. The second kappa shape index (κ2) is 6.40. The minimum Gasteiger partial charge on any atom is -0.370 e. The smallest absolute Gasteiger partial charge is 0.185 e. The van der Waals surface area contributed by atoms with Gasteiger partial charge in [0.15, 0.2) is 5.96 Å². The first-order valence-electron chi connectivity index (χ1n) is 6.64. The molecule has 4 heteroatoms. The van der Waals surface area contributed by atoms with E-state index >= 15 is 0 Å². The number of nitrogens with zero attached hydrogens (tertiary/aromatic N) is 1. The van der Waals surface area contributed by atoms with Gasteiger partial charge in [0.05, 0.1) is 0 Å². The van der Waals surface area contributed by atoms with Gasteiger partial charge in [-0.1, -0.05) is 24.3 Å². The van der Waals surface area contributed by atoms with Gasteiger partial charge < -0.3 is 16.8 Å². The molecule has 0 fully saturated rings. The van der Waals surface area contributed by atoms with Crippen LogP contribution in [-0.2, 0) is 6.42 Å². The Morgan fingerprint density at radius 3 is 2.94 bits per heavy atom. The molecule has 0 saturated heterocycles. The van der Waals surface area contributed by atoms with Crippen molar-refractivity contribution in [2.75, 3.05) is 13.1 Å². The second-order valence-electron chi connectivity index (χ2n) is 4.76. The lowest BCUT2D eigenvalue weighted by Gasteiger charge is -2.13. The molecular weight excluding hydrogens is 224 g/mol. The molecule has 98 valence electrons. The molecule has 1 aliphatic carbocycles. The fraction of sp³-hybridized carbons (Fsp3) is 0.500. The van der Waals surface area contributed by atoms with Crippen molar-refractivity contribution in [3.05, 3.63) is 35.4 Å². The third kappa shape index (κ3) is 3.47. The normalized spacial score (nSPS) is 17.4. The average molecular weight is 246 g/mol. The zero-order valence-electron chi connectivity index (χ0n) is 10.7. The van der Waals surface area contributed by atoms with E-state index in [0.29, 0.717) is 6.04 Å². The predicted octanol–water partition coefficient (Wildman–Crippen LogP) is 1.32. The van der Waals surface area contributed by atoms with Crippen LogP contribution in [0.3, 0.4) is 0 Å². The summed E-state index contributed by atoms with van der Waals surface area (Å²) in [7, 11) is 0. The monoisotopic (exact) mass is 246 g/mol. The molecule has 0 aromatic heterocycles. The highest BCUT2D eigenvalue weighted by Gasteiger charge is 2.20. The minimum absolute atomic E-state index is 0.188. The number of nitrogens with one attached hydrogen (secondary N) is 1. The maximum absolute atomic E-state index is 5.27. The van der Waals surface area contributed by atoms with Crippen LogP contribution in [0.25, 0.3) is 0 Å². The standard InChI is InChI=1S/C14H22N4/c15-14(16)18-10-4-3-9-17-13-8-7-11-5-1-2-6-12(11)13/h1-2,5-6,13,17H,3-4,7-10H2,(H4,15,16,18). The summed E-state index contributed by atoms with van der Waals surface area (Å²) in [4.78, 5) is 3.97. The Morgan fingerprint density at radius 2 is 2.11 bits per heavy atom. The molecule has 1 atom stereocenters. The van der Waals surface area contributed by atoms with Gasteiger partial charge in [-0.2, -0.15) is 0 Å². The molecule has 0 heterocycles. The highest BCUT2D eigenvalue weighted by molar-refractivity contribution is 5.75. The minimum atomic E-state index is 0.188. The number of rotatable bonds is 6. The maximum Gasteiger partial charge on any atom is 0.185 e. The Balaban J connectivity index is 1.68. The van der Waals surface area contributed by atoms with Gasteiger partial charge in [0.1, 0.15) is 0 Å². The number of benzene rings is 1. The molecule has 0 amide bonds. The van der Waals surface area contributed by atoms with Crippen LogP contribution in [0, 0.1) is 0 Å². The van der Waals surface area contributed by atoms with Gasteiger partial charge >= 0.3 is 0 Å². The molecule has 18 heavy (non-hydrogen) atoms. The van der Waals surface area contributed by atoms with Crippen molar-refractivity contribution in [3.8, 4) is 0 Å². The lowest BCUT2D eigenvalue weighted by molar-refractivity contribution is 0.514. The number of aryl methyl sites for hydroxylation is 1. The Bertz CT molecular complexity index is 410. The molecule has 1 aromatic carbocycles. The number of guanidine groups is 1. The second-order valence-corrected chi connectivity index (χ2v) is 4.76. The van der Waals surface area contributed by atoms with Crippen molar-refractivity contribution < 1.29 is 0 Å². The third-order valence-electron chi connectivity index (χ3n) is 3.40. The number of hydrogen-bond acceptors (Lipinski definition) is 2. The molecule has 5 N–H and O–H groups in total. The van der Waals surface area contributed by atoms with E-state index in [9.17, 15) is 0 Å². The molecule has 1 unspecified atom stereocenters. The van der Waals surface area contributed by atoms with E-state index in [0.717, 1.165) is 25.9 Å². The highest BCUT2D eigenvalue weighted by Crippen LogP contribution is 2.30. The molecule has 1 aliphatic rings. The molecule has 0 saturated carbocycles. The molecule has 0 radical (unpaired) electrons. The largest absolute Gasteiger partial charge is 0.370 e. The Kier molecular flexibility index (Phi) is 4.59. The summed E-state index contributed by atoms with van der Waals surface area (Å²) in [5.41, 5.74) is 13.5. The lowest BCUT2D eigenvalue weighted by Crippen LogP contribution is -2.23. The topological polar surface area (TPSA) is 76.4 Å². The van der Waals surface area contributed by atoms with Gasteiger partial charge in [-0.05, 0) is 43.4 Å². The van der Waals surface area contributed by atoms with Gasteiger partial charge in [0.2, 0.25) is 0 Å². The number of unbranched alkanes of at least 4 members (excludes halogenated alkanes) is 1. The summed E-state index contributed by atoms with van der Waals surface area (Å²) < 4.78 is 0. The number of hydrogen-bond donors (Lipinski definition) is 3. The van der Waals surface area contributed by atoms with Crippen LogP contribution in [0.2, 0.25) is 0 Å². The Hall–Kier alpha value is -1.55. The molecule has 0 bridgehead atoms. The molecule has 0 spiro atoms. The third-order valence-corrected chi connectivity index (χ3v) is 3.40. The molecule has 2 rings (SSSR count). The van der Waals surface area contributed by atoms with Crippen molar-refractivity contribution in [2.24, 2.45) is 16.5 Å². The van der Waals surface area contributed by atoms with E-state index in [1.165, 1.54) is 24.0 Å². The average Bonchev–Trinajstić information content (AvgIpc) is 2.77. The molecular formula is C14H22N4. The van der Waals surface area contributed by atoms with Crippen LogP contribution < -0.4 is 16.8 Å². The van der Waals surface area contributed by atoms with Gasteiger partial charge in [-0.25, -0.2) is 0 Å². The summed E-state index contributed by atoms with van der Waals surface area (Å²) in [6.07, 6.45) is 4.55. The molecule has 0 aliphatic heterocycles. The van der Waals surface area contributed by atoms with Gasteiger partial charge in [0, 0.05) is 12.6 Å². The fourth-order valence-electron chi connectivity index (χ4n) is 2.49. The fourth-order valence-corrected chi connectivity index (χ4v) is 2.49. The van der Waals surface area contributed by atoms with E-state index in [1.807, 2.05) is 0 Å². The van der Waals surface area contributed by atoms with Crippen LogP contribution >= 0.6 is 0 Å². The number of fused-ring (bicyclic) bond motifs is 1. The Labute approximate surface area is 108 Å². The van der Waals surface area contributed by atoms with Crippen molar-refractivity contribution >= 4 is 5.96 Å². The summed E-state index contributed by atoms with van der Waals surface area (Å²) in [6.45, 7) is 1.75. The first kappa shape index (κ1) is 12.9. The van der Waals surface area contributed by atoms with Crippen molar-refractivity contribution in [3.63, 3.8) is 0 Å². The van der Waals surface area contributed by atoms with E-state index in [-0.39, 0.29) is 5.96 Å². The van der Waals surface area contributed by atoms with Crippen LogP contribution in [0.15, 0.2) is 29.3 Å². The van der Waals surface area contributed by atoms with E-state index in [1.54, 1.807) is 0 Å². The summed E-state index contributed by atoms with van der Waals surface area (Å²) in [5.74, 6) is 0.188. The summed E-state index contributed by atoms with van der Waals surface area (Å²) in [6, 6.07) is 9.24. The Morgan fingerprint density at radius 1 is 1.28 bits per heavy atom. The van der Waals surface area contributed by atoms with Crippen LogP contribution in [0.4, 0.5) is 0 Å². The van der Waals surface area contributed by atoms with Crippen molar-refractivity contribution in [1.82, 2.24) is 5.32 Å². The van der Waals surface area contributed by atoms with Gasteiger partial charge in [-0.15, -0.1) is 0 Å². The van der Waals surface area contributed by atoms with E-state index in [2.05, 4.69) is 34.6 Å². The molecule has 1 aromatic rings. The van der Waals surface area contributed by atoms with Crippen LogP contribution in [0.1, 0.15) is 36.4 Å². The first-order valence-corrected chi connectivity index (χ1v) is 6.64.